The number of anilines is 2. The molecule has 0 fully saturated rings. The summed E-state index contributed by atoms with van der Waals surface area (Å²) in [5.41, 5.74) is 6.59. The molecule has 2 N–H and O–H groups in total. The molecule has 35 heavy (non-hydrogen) atoms. The van der Waals surface area contributed by atoms with E-state index in [1.54, 1.807) is 28.9 Å². The van der Waals surface area contributed by atoms with Gasteiger partial charge in [0.25, 0.3) is 11.9 Å². The van der Waals surface area contributed by atoms with Crippen LogP contribution in [-0.4, -0.2) is 31.6 Å². The van der Waals surface area contributed by atoms with Gasteiger partial charge in [-0.2, -0.15) is 5.10 Å². The smallest absolute Gasteiger partial charge is 0.257 e. The normalized spacial score (nSPS) is 10.8. The van der Waals surface area contributed by atoms with Gasteiger partial charge in [-0.05, 0) is 70.5 Å². The summed E-state index contributed by atoms with van der Waals surface area (Å²) in [4.78, 5) is 34.9. The Morgan fingerprint density at radius 1 is 0.857 bits per heavy atom. The van der Waals surface area contributed by atoms with Gasteiger partial charge in [-0.3, -0.25) is 9.59 Å². The molecule has 2 heterocycles. The molecule has 2 aromatic carbocycles. The fourth-order valence-corrected chi connectivity index (χ4v) is 3.99. The standard InChI is InChI=1S/C27H28N6O2/c1-16-9-8-10-21(13-16)30-26(35)22-11-6-7-12-24(22)31-25(34)15-23-19(4)32-33(20(23)5)27-28-17(2)14-18(3)29-27/h6-14H,15H2,1-5H3,(H,30,35)(H,31,34). The molecule has 8 nitrogen and oxygen atoms in total. The number of carbonyl (C=O) groups excluding carboxylic acids is 2. The fourth-order valence-electron chi connectivity index (χ4n) is 3.99. The van der Waals surface area contributed by atoms with Crippen LogP contribution in [0.3, 0.4) is 0 Å². The molecule has 0 aliphatic heterocycles. The molecule has 0 aliphatic rings. The van der Waals surface area contributed by atoms with Crippen molar-refractivity contribution in [3.63, 3.8) is 0 Å². The maximum atomic E-state index is 13.0. The molecule has 8 heteroatoms. The predicted octanol–water partition coefficient (Wildman–Crippen LogP) is 4.64. The molecule has 0 saturated heterocycles. The molecule has 0 atom stereocenters. The molecule has 2 aromatic heterocycles. The largest absolute Gasteiger partial charge is 0.325 e. The molecule has 0 unspecified atom stereocenters. The van der Waals surface area contributed by atoms with Crippen molar-refractivity contribution in [1.82, 2.24) is 19.7 Å². The molecular weight excluding hydrogens is 440 g/mol. The van der Waals surface area contributed by atoms with E-state index >= 15 is 0 Å². The number of rotatable bonds is 6. The topological polar surface area (TPSA) is 102 Å². The Bertz CT molecular complexity index is 1400. The lowest BCUT2D eigenvalue weighted by Gasteiger charge is -2.12. The average molecular weight is 469 g/mol. The predicted molar refractivity (Wildman–Crippen MR) is 136 cm³/mol. The summed E-state index contributed by atoms with van der Waals surface area (Å²) in [7, 11) is 0. The lowest BCUT2D eigenvalue weighted by molar-refractivity contribution is -0.115. The van der Waals surface area contributed by atoms with Crippen molar-refractivity contribution in [3.05, 3.63) is 94.1 Å². The van der Waals surface area contributed by atoms with E-state index in [0.717, 1.165) is 33.9 Å². The number of para-hydroxylation sites is 1. The van der Waals surface area contributed by atoms with E-state index in [1.165, 1.54) is 0 Å². The number of hydrogen-bond donors (Lipinski definition) is 2. The second kappa shape index (κ2) is 9.89. The number of aryl methyl sites for hydroxylation is 4. The second-order valence-electron chi connectivity index (χ2n) is 8.61. The lowest BCUT2D eigenvalue weighted by Crippen LogP contribution is -2.20. The first-order valence-electron chi connectivity index (χ1n) is 11.4. The van der Waals surface area contributed by atoms with Crippen LogP contribution >= 0.6 is 0 Å². The quantitative estimate of drug-likeness (QED) is 0.429. The zero-order valence-corrected chi connectivity index (χ0v) is 20.5. The molecule has 0 saturated carbocycles. The van der Waals surface area contributed by atoms with Gasteiger partial charge in [-0.25, -0.2) is 14.6 Å². The molecule has 2 amide bonds. The van der Waals surface area contributed by atoms with Crippen LogP contribution in [0, 0.1) is 34.6 Å². The zero-order valence-electron chi connectivity index (χ0n) is 20.5. The highest BCUT2D eigenvalue weighted by Crippen LogP contribution is 2.21. The van der Waals surface area contributed by atoms with Crippen molar-refractivity contribution in [2.45, 2.75) is 41.0 Å². The van der Waals surface area contributed by atoms with E-state index < -0.39 is 0 Å². The first-order valence-corrected chi connectivity index (χ1v) is 11.4. The van der Waals surface area contributed by atoms with Gasteiger partial charge in [0.05, 0.1) is 23.4 Å². The summed E-state index contributed by atoms with van der Waals surface area (Å²) in [6.45, 7) is 9.53. The molecule has 0 bridgehead atoms. The number of benzene rings is 2. The minimum Gasteiger partial charge on any atom is -0.325 e. The third kappa shape index (κ3) is 5.43. The van der Waals surface area contributed by atoms with Crippen LogP contribution in [0.5, 0.6) is 0 Å². The van der Waals surface area contributed by atoms with Gasteiger partial charge in [-0.1, -0.05) is 24.3 Å². The van der Waals surface area contributed by atoms with Crippen LogP contribution in [0.4, 0.5) is 11.4 Å². The Labute approximate surface area is 204 Å². The van der Waals surface area contributed by atoms with Gasteiger partial charge in [0.1, 0.15) is 0 Å². The van der Waals surface area contributed by atoms with E-state index in [4.69, 9.17) is 0 Å². The molecule has 4 aromatic rings. The number of carbonyl (C=O) groups is 2. The number of amides is 2. The van der Waals surface area contributed by atoms with Crippen LogP contribution < -0.4 is 10.6 Å². The van der Waals surface area contributed by atoms with E-state index in [9.17, 15) is 9.59 Å². The second-order valence-corrected chi connectivity index (χ2v) is 8.61. The van der Waals surface area contributed by atoms with E-state index in [0.29, 0.717) is 22.9 Å². The van der Waals surface area contributed by atoms with Crippen molar-refractivity contribution >= 4 is 23.2 Å². The summed E-state index contributed by atoms with van der Waals surface area (Å²) in [6, 6.07) is 16.4. The third-order valence-corrected chi connectivity index (χ3v) is 5.66. The molecule has 4 rings (SSSR count). The summed E-state index contributed by atoms with van der Waals surface area (Å²) >= 11 is 0. The van der Waals surface area contributed by atoms with Crippen molar-refractivity contribution in [2.75, 3.05) is 10.6 Å². The Kier molecular flexibility index (Phi) is 6.73. The summed E-state index contributed by atoms with van der Waals surface area (Å²) in [5.74, 6) is -0.0560. The molecule has 178 valence electrons. The van der Waals surface area contributed by atoms with Crippen molar-refractivity contribution < 1.29 is 9.59 Å². The Morgan fingerprint density at radius 2 is 1.57 bits per heavy atom. The highest BCUT2D eigenvalue weighted by molar-refractivity contribution is 6.10. The van der Waals surface area contributed by atoms with Crippen LogP contribution in [-0.2, 0) is 11.2 Å². The highest BCUT2D eigenvalue weighted by Gasteiger charge is 2.19. The minimum atomic E-state index is -0.293. The summed E-state index contributed by atoms with van der Waals surface area (Å²) < 4.78 is 1.67. The Morgan fingerprint density at radius 3 is 2.29 bits per heavy atom. The van der Waals surface area contributed by atoms with Crippen LogP contribution in [0.1, 0.15) is 44.3 Å². The van der Waals surface area contributed by atoms with Gasteiger partial charge < -0.3 is 10.6 Å². The van der Waals surface area contributed by atoms with Crippen LogP contribution in [0.2, 0.25) is 0 Å². The number of nitrogens with one attached hydrogen (secondary N) is 2. The number of nitrogens with zero attached hydrogens (tertiary/aromatic N) is 4. The lowest BCUT2D eigenvalue weighted by atomic mass is 10.1. The van der Waals surface area contributed by atoms with Crippen molar-refractivity contribution in [1.29, 1.82) is 0 Å². The molecule has 0 radical (unpaired) electrons. The van der Waals surface area contributed by atoms with E-state index in [1.807, 2.05) is 65.0 Å². The number of aromatic nitrogens is 4. The van der Waals surface area contributed by atoms with Crippen molar-refractivity contribution in [2.24, 2.45) is 0 Å². The first kappa shape index (κ1) is 23.8. The van der Waals surface area contributed by atoms with E-state index in [2.05, 4.69) is 25.7 Å². The highest BCUT2D eigenvalue weighted by atomic mass is 16.2. The molecule has 0 aliphatic carbocycles. The minimum absolute atomic E-state index is 0.107. The fraction of sp³-hybridized carbons (Fsp3) is 0.222. The zero-order chi connectivity index (χ0) is 25.1. The van der Waals surface area contributed by atoms with Gasteiger partial charge in [0.15, 0.2) is 0 Å². The average Bonchev–Trinajstić information content (AvgIpc) is 3.07. The SMILES string of the molecule is Cc1cccc(NC(=O)c2ccccc2NC(=O)Cc2c(C)nn(-c3nc(C)cc(C)n3)c2C)c1. The Hall–Kier alpha value is -4.33. The van der Waals surface area contributed by atoms with Gasteiger partial charge in [0.2, 0.25) is 5.91 Å². The third-order valence-electron chi connectivity index (χ3n) is 5.66. The van der Waals surface area contributed by atoms with Crippen LogP contribution in [0.15, 0.2) is 54.6 Å². The van der Waals surface area contributed by atoms with Crippen molar-refractivity contribution in [3.8, 4) is 5.95 Å². The van der Waals surface area contributed by atoms with Gasteiger partial charge >= 0.3 is 0 Å². The maximum Gasteiger partial charge on any atom is 0.257 e. The van der Waals surface area contributed by atoms with Crippen LogP contribution in [0.25, 0.3) is 5.95 Å². The Balaban J connectivity index is 1.53. The molecule has 0 spiro atoms. The first-order chi connectivity index (χ1) is 16.7. The van der Waals surface area contributed by atoms with E-state index in [-0.39, 0.29) is 18.2 Å². The van der Waals surface area contributed by atoms with Gasteiger partial charge in [-0.15, -0.1) is 0 Å². The molecular formula is C27H28N6O2. The summed E-state index contributed by atoms with van der Waals surface area (Å²) in [5, 5.41) is 10.4. The van der Waals surface area contributed by atoms with Gasteiger partial charge in [0, 0.05) is 28.3 Å². The summed E-state index contributed by atoms with van der Waals surface area (Å²) in [6.07, 6.45) is 0.107. The maximum absolute atomic E-state index is 13.0. The monoisotopic (exact) mass is 468 g/mol. The number of hydrogen-bond acceptors (Lipinski definition) is 5.